The summed E-state index contributed by atoms with van der Waals surface area (Å²) in [6.07, 6.45) is 2.23. The van der Waals surface area contributed by atoms with E-state index in [0.717, 1.165) is 35.0 Å². The standard InChI is InChI=1S/C19H19BrFNO2S/c1-22-11-10-19(25(23,24)16-6-4-15(21)5-7-16)17-8-3-14(20)12-13(17)2-9-18(19)22/h3-8,12,18H,2,9-11H2,1H3. The third kappa shape index (κ3) is 2.41. The number of hydrogen-bond acceptors (Lipinski definition) is 3. The minimum Gasteiger partial charge on any atom is -0.301 e. The fraction of sp³-hybridized carbons (Fsp3) is 0.368. The Morgan fingerprint density at radius 1 is 1.20 bits per heavy atom. The maximum atomic E-state index is 13.7. The number of fused-ring (bicyclic) bond motifs is 3. The number of halogens is 2. The molecule has 25 heavy (non-hydrogen) atoms. The Morgan fingerprint density at radius 3 is 2.64 bits per heavy atom. The van der Waals surface area contributed by atoms with Gasteiger partial charge in [-0.15, -0.1) is 0 Å². The molecule has 0 amide bonds. The molecular weight excluding hydrogens is 405 g/mol. The molecule has 6 heteroatoms. The van der Waals surface area contributed by atoms with Gasteiger partial charge in [0.25, 0.3) is 0 Å². The molecule has 0 radical (unpaired) electrons. The molecular formula is C19H19BrFNO2S. The van der Waals surface area contributed by atoms with Crippen molar-refractivity contribution in [1.29, 1.82) is 0 Å². The number of sulfone groups is 1. The van der Waals surface area contributed by atoms with Crippen LogP contribution in [0.15, 0.2) is 51.8 Å². The van der Waals surface area contributed by atoms with Gasteiger partial charge in [-0.05, 0) is 73.8 Å². The number of hydrogen-bond donors (Lipinski definition) is 0. The van der Waals surface area contributed by atoms with Crippen molar-refractivity contribution in [3.05, 3.63) is 63.9 Å². The van der Waals surface area contributed by atoms with E-state index in [1.165, 1.54) is 24.3 Å². The average molecular weight is 424 g/mol. The summed E-state index contributed by atoms with van der Waals surface area (Å²) >= 11 is 3.49. The second-order valence-electron chi connectivity index (χ2n) is 6.93. The molecule has 0 saturated carbocycles. The highest BCUT2D eigenvalue weighted by Gasteiger charge is 2.58. The van der Waals surface area contributed by atoms with E-state index in [0.29, 0.717) is 6.42 Å². The van der Waals surface area contributed by atoms with Crippen molar-refractivity contribution in [1.82, 2.24) is 4.90 Å². The first-order chi connectivity index (χ1) is 11.9. The molecule has 0 spiro atoms. The topological polar surface area (TPSA) is 37.4 Å². The van der Waals surface area contributed by atoms with E-state index in [1.54, 1.807) is 0 Å². The first-order valence-corrected chi connectivity index (χ1v) is 10.6. The Kier molecular flexibility index (Phi) is 4.05. The van der Waals surface area contributed by atoms with Gasteiger partial charge < -0.3 is 4.90 Å². The molecule has 2 aliphatic rings. The molecule has 132 valence electrons. The smallest absolute Gasteiger partial charge is 0.189 e. The Morgan fingerprint density at radius 2 is 1.92 bits per heavy atom. The van der Waals surface area contributed by atoms with Crippen LogP contribution in [0.25, 0.3) is 0 Å². The lowest BCUT2D eigenvalue weighted by atomic mass is 9.79. The summed E-state index contributed by atoms with van der Waals surface area (Å²) in [5.74, 6) is -0.426. The summed E-state index contributed by atoms with van der Waals surface area (Å²) in [5.41, 5.74) is 1.99. The number of rotatable bonds is 2. The molecule has 1 heterocycles. The van der Waals surface area contributed by atoms with E-state index < -0.39 is 20.4 Å². The molecule has 2 aromatic carbocycles. The van der Waals surface area contributed by atoms with Gasteiger partial charge in [-0.1, -0.05) is 22.0 Å². The highest BCUT2D eigenvalue weighted by atomic mass is 79.9. The van der Waals surface area contributed by atoms with Gasteiger partial charge in [0.05, 0.1) is 4.90 Å². The molecule has 2 unspecified atom stereocenters. The third-order valence-corrected chi connectivity index (χ3v) is 8.76. The predicted molar refractivity (Wildman–Crippen MR) is 98.8 cm³/mol. The zero-order valence-electron chi connectivity index (χ0n) is 13.9. The molecule has 2 atom stereocenters. The van der Waals surface area contributed by atoms with E-state index in [1.807, 2.05) is 25.2 Å². The summed E-state index contributed by atoms with van der Waals surface area (Å²) < 4.78 is 40.8. The van der Waals surface area contributed by atoms with Crippen molar-refractivity contribution in [3.8, 4) is 0 Å². The van der Waals surface area contributed by atoms with Gasteiger partial charge in [0.1, 0.15) is 10.6 Å². The Labute approximate surface area is 155 Å². The summed E-state index contributed by atoms with van der Waals surface area (Å²) in [5, 5.41) is 0. The van der Waals surface area contributed by atoms with Crippen LogP contribution in [0.5, 0.6) is 0 Å². The highest BCUT2D eigenvalue weighted by molar-refractivity contribution is 9.10. The van der Waals surface area contributed by atoms with Crippen LogP contribution in [0.1, 0.15) is 24.0 Å². The van der Waals surface area contributed by atoms with Crippen molar-refractivity contribution >= 4 is 25.8 Å². The van der Waals surface area contributed by atoms with E-state index in [4.69, 9.17) is 0 Å². The molecule has 2 aromatic rings. The van der Waals surface area contributed by atoms with Gasteiger partial charge in [-0.3, -0.25) is 0 Å². The van der Waals surface area contributed by atoms with Gasteiger partial charge in [-0.25, -0.2) is 12.8 Å². The third-order valence-electron chi connectivity index (χ3n) is 5.72. The lowest BCUT2D eigenvalue weighted by Crippen LogP contribution is -2.50. The van der Waals surface area contributed by atoms with Crippen molar-refractivity contribution in [2.75, 3.05) is 13.6 Å². The second-order valence-corrected chi connectivity index (χ2v) is 10.1. The zero-order valence-corrected chi connectivity index (χ0v) is 16.3. The SMILES string of the molecule is CN1CCC2(S(=O)(=O)c3ccc(F)cc3)c3ccc(Br)cc3CCC12. The van der Waals surface area contributed by atoms with Gasteiger partial charge in [0.2, 0.25) is 0 Å². The largest absolute Gasteiger partial charge is 0.301 e. The quantitative estimate of drug-likeness (QED) is 0.687. The van der Waals surface area contributed by atoms with Crippen LogP contribution in [0.3, 0.4) is 0 Å². The van der Waals surface area contributed by atoms with Crippen LogP contribution >= 0.6 is 15.9 Å². The lowest BCUT2D eigenvalue weighted by Gasteiger charge is -2.42. The fourth-order valence-corrected chi connectivity index (χ4v) is 7.37. The van der Waals surface area contributed by atoms with Gasteiger partial charge in [0, 0.05) is 17.1 Å². The Bertz CT molecular complexity index is 929. The van der Waals surface area contributed by atoms with Gasteiger partial charge in [-0.2, -0.15) is 0 Å². The molecule has 1 aliphatic heterocycles. The van der Waals surface area contributed by atoms with E-state index in [9.17, 15) is 12.8 Å². The van der Waals surface area contributed by atoms with E-state index in [2.05, 4.69) is 20.8 Å². The normalized spacial score (nSPS) is 26.3. The van der Waals surface area contributed by atoms with Gasteiger partial charge >= 0.3 is 0 Å². The molecule has 1 fully saturated rings. The summed E-state index contributed by atoms with van der Waals surface area (Å²) in [6, 6.07) is 11.1. The first kappa shape index (κ1) is 17.2. The van der Waals surface area contributed by atoms with Crippen LogP contribution in [0.4, 0.5) is 4.39 Å². The first-order valence-electron chi connectivity index (χ1n) is 8.35. The van der Waals surface area contributed by atoms with Crippen LogP contribution < -0.4 is 0 Å². The van der Waals surface area contributed by atoms with Crippen LogP contribution in [-0.4, -0.2) is 33.0 Å². The Hall–Kier alpha value is -1.24. The number of aryl methyl sites for hydroxylation is 1. The molecule has 0 aromatic heterocycles. The monoisotopic (exact) mass is 423 g/mol. The van der Waals surface area contributed by atoms with E-state index in [-0.39, 0.29) is 10.9 Å². The molecule has 0 N–H and O–H groups in total. The van der Waals surface area contributed by atoms with Gasteiger partial charge in [0.15, 0.2) is 9.84 Å². The predicted octanol–water partition coefficient (Wildman–Crippen LogP) is 3.91. The van der Waals surface area contributed by atoms with Crippen LogP contribution in [0, 0.1) is 5.82 Å². The number of likely N-dealkylation sites (N-methyl/N-ethyl adjacent to an activating group) is 1. The van der Waals surface area contributed by atoms with Crippen molar-refractivity contribution in [3.63, 3.8) is 0 Å². The maximum absolute atomic E-state index is 13.7. The number of nitrogens with zero attached hydrogens (tertiary/aromatic N) is 1. The number of benzene rings is 2. The molecule has 3 nitrogen and oxygen atoms in total. The molecule has 1 aliphatic carbocycles. The Balaban J connectivity index is 1.97. The summed E-state index contributed by atoms with van der Waals surface area (Å²) in [7, 11) is -1.66. The second kappa shape index (κ2) is 5.89. The minimum atomic E-state index is -3.66. The lowest BCUT2D eigenvalue weighted by molar-refractivity contribution is 0.256. The molecule has 0 bridgehead atoms. The zero-order chi connectivity index (χ0) is 17.8. The number of likely N-dealkylation sites (tertiary alicyclic amines) is 1. The average Bonchev–Trinajstić information content (AvgIpc) is 2.94. The van der Waals surface area contributed by atoms with Crippen molar-refractivity contribution in [2.45, 2.75) is 34.9 Å². The highest BCUT2D eigenvalue weighted by Crippen LogP contribution is 2.52. The van der Waals surface area contributed by atoms with Crippen molar-refractivity contribution < 1.29 is 12.8 Å². The van der Waals surface area contributed by atoms with Crippen molar-refractivity contribution in [2.24, 2.45) is 0 Å². The van der Waals surface area contributed by atoms with Crippen LogP contribution in [-0.2, 0) is 21.0 Å². The van der Waals surface area contributed by atoms with E-state index >= 15 is 0 Å². The molecule has 4 rings (SSSR count). The molecule has 1 saturated heterocycles. The van der Waals surface area contributed by atoms with Crippen LogP contribution in [0.2, 0.25) is 0 Å². The fourth-order valence-electron chi connectivity index (χ4n) is 4.55. The summed E-state index contributed by atoms with van der Waals surface area (Å²) in [4.78, 5) is 2.36. The maximum Gasteiger partial charge on any atom is 0.189 e. The summed E-state index contributed by atoms with van der Waals surface area (Å²) in [6.45, 7) is 0.737. The minimum absolute atomic E-state index is 0.0590.